The Morgan fingerprint density at radius 3 is 2.86 bits per heavy atom. The van der Waals surface area contributed by atoms with Crippen LogP contribution in [0.25, 0.3) is 4.85 Å². The Balaban J connectivity index is 3.04. The highest BCUT2D eigenvalue weighted by Crippen LogP contribution is 2.20. The summed E-state index contributed by atoms with van der Waals surface area (Å²) in [6, 6.07) is 4.97. The van der Waals surface area contributed by atoms with E-state index in [1.807, 2.05) is 6.92 Å². The molecule has 4 heteroatoms. The maximum atomic E-state index is 10.6. The van der Waals surface area contributed by atoms with Crippen LogP contribution in [0.1, 0.15) is 11.1 Å². The van der Waals surface area contributed by atoms with Gasteiger partial charge in [-0.2, -0.15) is 0 Å². The van der Waals surface area contributed by atoms with E-state index in [9.17, 15) is 10.1 Å². The Labute approximate surface area is 82.1 Å². The lowest BCUT2D eigenvalue weighted by Crippen LogP contribution is -1.97. The number of rotatable bonds is 3. The van der Waals surface area contributed by atoms with Crippen LogP contribution in [0.15, 0.2) is 18.2 Å². The van der Waals surface area contributed by atoms with Gasteiger partial charge in [0.25, 0.3) is 5.69 Å². The highest BCUT2D eigenvalue weighted by atomic mass is 16.6. The Hall–Kier alpha value is -1.89. The largest absolute Gasteiger partial charge is 0.317 e. The summed E-state index contributed by atoms with van der Waals surface area (Å²) in [5.41, 5.74) is 1.74. The number of aryl methyl sites for hydroxylation is 1. The van der Waals surface area contributed by atoms with Crippen molar-refractivity contribution < 1.29 is 4.92 Å². The van der Waals surface area contributed by atoms with Gasteiger partial charge in [0.1, 0.15) is 0 Å². The molecule has 0 radical (unpaired) electrons. The molecular formula is C10H10N2O2. The normalized spacial score (nSPS) is 9.43. The van der Waals surface area contributed by atoms with Crippen molar-refractivity contribution in [3.63, 3.8) is 0 Å². The third-order valence-corrected chi connectivity index (χ3v) is 1.92. The van der Waals surface area contributed by atoms with Crippen molar-refractivity contribution in [1.29, 1.82) is 0 Å². The zero-order chi connectivity index (χ0) is 10.6. The number of nitrogens with zero attached hydrogens (tertiary/aromatic N) is 2. The summed E-state index contributed by atoms with van der Waals surface area (Å²) in [6.07, 6.45) is 0.446. The number of hydrogen-bond acceptors (Lipinski definition) is 2. The van der Waals surface area contributed by atoms with Gasteiger partial charge in [0, 0.05) is 11.6 Å². The summed E-state index contributed by atoms with van der Waals surface area (Å²) in [6.45, 7) is 8.81. The monoisotopic (exact) mass is 190 g/mol. The van der Waals surface area contributed by atoms with Gasteiger partial charge in [0.15, 0.2) is 0 Å². The zero-order valence-electron chi connectivity index (χ0n) is 7.86. The lowest BCUT2D eigenvalue weighted by atomic mass is 10.1. The molecule has 0 aromatic heterocycles. The van der Waals surface area contributed by atoms with Crippen molar-refractivity contribution in [3.8, 4) is 0 Å². The molecule has 4 nitrogen and oxygen atoms in total. The summed E-state index contributed by atoms with van der Waals surface area (Å²) >= 11 is 0. The molecule has 0 saturated heterocycles. The van der Waals surface area contributed by atoms with Crippen molar-refractivity contribution in [2.24, 2.45) is 0 Å². The predicted molar refractivity (Wildman–Crippen MR) is 53.0 cm³/mol. The van der Waals surface area contributed by atoms with Gasteiger partial charge >= 0.3 is 0 Å². The summed E-state index contributed by atoms with van der Waals surface area (Å²) in [7, 11) is 0. The minimum Gasteiger partial charge on any atom is -0.317 e. The number of nitro groups is 1. The Kier molecular flexibility index (Phi) is 3.19. The molecule has 0 aliphatic carbocycles. The number of benzene rings is 1. The molecule has 1 aromatic rings. The molecule has 0 aliphatic heterocycles. The first-order valence-electron chi connectivity index (χ1n) is 4.22. The zero-order valence-corrected chi connectivity index (χ0v) is 7.86. The first-order chi connectivity index (χ1) is 6.65. The van der Waals surface area contributed by atoms with Gasteiger partial charge in [-0.1, -0.05) is 11.6 Å². The van der Waals surface area contributed by atoms with Crippen molar-refractivity contribution >= 4 is 5.69 Å². The minimum atomic E-state index is -0.404. The Morgan fingerprint density at radius 1 is 1.57 bits per heavy atom. The van der Waals surface area contributed by atoms with E-state index >= 15 is 0 Å². The van der Waals surface area contributed by atoms with Crippen LogP contribution < -0.4 is 0 Å². The van der Waals surface area contributed by atoms with E-state index < -0.39 is 4.92 Å². The molecule has 1 rings (SSSR count). The Bertz CT molecular complexity index is 394. The molecule has 0 bridgehead atoms. The first-order valence-corrected chi connectivity index (χ1v) is 4.22. The molecule has 14 heavy (non-hydrogen) atoms. The fraction of sp³-hybridized carbons (Fsp3) is 0.300. The molecule has 0 amide bonds. The van der Waals surface area contributed by atoms with Crippen molar-refractivity contribution in [3.05, 3.63) is 50.9 Å². The Morgan fingerprint density at radius 2 is 2.29 bits per heavy atom. The van der Waals surface area contributed by atoms with E-state index in [1.165, 1.54) is 6.07 Å². The van der Waals surface area contributed by atoms with E-state index in [0.29, 0.717) is 18.5 Å². The van der Waals surface area contributed by atoms with E-state index in [0.717, 1.165) is 5.56 Å². The van der Waals surface area contributed by atoms with E-state index in [-0.39, 0.29) is 5.69 Å². The van der Waals surface area contributed by atoms with E-state index in [4.69, 9.17) is 6.57 Å². The molecule has 1 aromatic carbocycles. The van der Waals surface area contributed by atoms with Gasteiger partial charge in [-0.15, -0.1) is 0 Å². The summed E-state index contributed by atoms with van der Waals surface area (Å²) in [5.74, 6) is 0. The van der Waals surface area contributed by atoms with Gasteiger partial charge in [-0.05, 0) is 13.0 Å². The van der Waals surface area contributed by atoms with Crippen LogP contribution in [0.3, 0.4) is 0 Å². The lowest BCUT2D eigenvalue weighted by molar-refractivity contribution is -0.385. The standard InChI is InChI=1S/C10H10N2O2/c1-8-3-4-10(12(13)14)9(7-8)5-6-11-2/h3-4,7H,5-6H2,1H3. The maximum absolute atomic E-state index is 10.6. The van der Waals surface area contributed by atoms with Crippen LogP contribution in [0.4, 0.5) is 5.69 Å². The quantitative estimate of drug-likeness (QED) is 0.417. The number of nitro benzene ring substituents is 1. The fourth-order valence-electron chi connectivity index (χ4n) is 1.27. The van der Waals surface area contributed by atoms with Gasteiger partial charge in [-0.3, -0.25) is 10.1 Å². The molecule has 0 fully saturated rings. The second-order valence-electron chi connectivity index (χ2n) is 3.02. The first kappa shape index (κ1) is 10.2. The number of hydrogen-bond donors (Lipinski definition) is 0. The molecule has 0 spiro atoms. The molecule has 0 aliphatic rings. The molecule has 0 unspecified atom stereocenters. The van der Waals surface area contributed by atoms with Crippen molar-refractivity contribution in [1.82, 2.24) is 0 Å². The van der Waals surface area contributed by atoms with Crippen LogP contribution in [0.5, 0.6) is 0 Å². The van der Waals surface area contributed by atoms with Crippen LogP contribution >= 0.6 is 0 Å². The molecular weight excluding hydrogens is 180 g/mol. The van der Waals surface area contributed by atoms with Crippen LogP contribution in [-0.2, 0) is 6.42 Å². The lowest BCUT2D eigenvalue weighted by Gasteiger charge is -2.00. The van der Waals surface area contributed by atoms with Gasteiger partial charge in [-0.25, -0.2) is 6.57 Å². The predicted octanol–water partition coefficient (Wildman–Crippen LogP) is 2.37. The molecule has 0 atom stereocenters. The smallest absolute Gasteiger partial charge is 0.272 e. The van der Waals surface area contributed by atoms with Gasteiger partial charge in [0.05, 0.1) is 11.3 Å². The average molecular weight is 190 g/mol. The van der Waals surface area contributed by atoms with Crippen LogP contribution in [0, 0.1) is 23.6 Å². The summed E-state index contributed by atoms with van der Waals surface area (Å²) in [4.78, 5) is 13.4. The second-order valence-corrected chi connectivity index (χ2v) is 3.02. The molecule has 0 heterocycles. The minimum absolute atomic E-state index is 0.110. The second kappa shape index (κ2) is 4.38. The third kappa shape index (κ3) is 2.30. The van der Waals surface area contributed by atoms with E-state index in [1.54, 1.807) is 12.1 Å². The van der Waals surface area contributed by atoms with E-state index in [2.05, 4.69) is 4.85 Å². The van der Waals surface area contributed by atoms with Crippen LogP contribution in [-0.4, -0.2) is 11.5 Å². The summed E-state index contributed by atoms with van der Waals surface area (Å²) in [5, 5.41) is 10.6. The van der Waals surface area contributed by atoms with Crippen LogP contribution in [0.2, 0.25) is 0 Å². The highest BCUT2D eigenvalue weighted by Gasteiger charge is 2.13. The van der Waals surface area contributed by atoms with Crippen molar-refractivity contribution in [2.75, 3.05) is 6.54 Å². The third-order valence-electron chi connectivity index (χ3n) is 1.92. The summed E-state index contributed by atoms with van der Waals surface area (Å²) < 4.78 is 0. The van der Waals surface area contributed by atoms with Crippen molar-refractivity contribution in [2.45, 2.75) is 13.3 Å². The highest BCUT2D eigenvalue weighted by molar-refractivity contribution is 5.42. The topological polar surface area (TPSA) is 47.5 Å². The fourth-order valence-corrected chi connectivity index (χ4v) is 1.27. The molecule has 0 saturated carbocycles. The average Bonchev–Trinajstić information content (AvgIpc) is 2.14. The molecule has 0 N–H and O–H groups in total. The maximum Gasteiger partial charge on any atom is 0.272 e. The van der Waals surface area contributed by atoms with Gasteiger partial charge < -0.3 is 4.85 Å². The molecule has 72 valence electrons. The SMILES string of the molecule is [C-]#[N+]CCc1cc(C)ccc1[N+](=O)[O-]. The van der Waals surface area contributed by atoms with Gasteiger partial charge in [0.2, 0.25) is 6.54 Å².